The Hall–Kier alpha value is -3.11. The monoisotopic (exact) mass is 469 g/mol. The van der Waals surface area contributed by atoms with Gasteiger partial charge in [0.25, 0.3) is 5.03 Å². The minimum atomic E-state index is -1.36. The van der Waals surface area contributed by atoms with Gasteiger partial charge in [-0.3, -0.25) is 4.79 Å². The number of likely N-dealkylation sites (tertiary alicyclic amines) is 1. The molecule has 9 nitrogen and oxygen atoms in total. The molecule has 0 saturated carbocycles. The van der Waals surface area contributed by atoms with Gasteiger partial charge in [0.2, 0.25) is 0 Å². The zero-order valence-corrected chi connectivity index (χ0v) is 19.9. The Morgan fingerprint density at radius 2 is 1.97 bits per heavy atom. The third-order valence-electron chi connectivity index (χ3n) is 5.21. The summed E-state index contributed by atoms with van der Waals surface area (Å²) in [5.74, 6) is 0.270. The number of rotatable bonds is 5. The smallest absolute Gasteiger partial charge is 0.410 e. The number of carbonyl (C=O) groups is 2. The van der Waals surface area contributed by atoms with Crippen LogP contribution in [-0.4, -0.2) is 66.9 Å². The molecular formula is C23H27N5O4S. The van der Waals surface area contributed by atoms with Crippen molar-refractivity contribution in [3.05, 3.63) is 53.7 Å². The quantitative estimate of drug-likeness (QED) is 0.347. The fourth-order valence-corrected chi connectivity index (χ4v) is 4.35. The molecule has 0 spiro atoms. The fourth-order valence-electron chi connectivity index (χ4n) is 3.70. The summed E-state index contributed by atoms with van der Waals surface area (Å²) >= 11 is -1.36. The standard InChI is InChI=1S/C23H27N5O4S/c1-23(2,3)32-22(30)27-11-10-16(14-27)25-18-12-19(33(4)31)28-21(26-18)17(13-24-28)20(29)15-8-6-5-7-9-15/h5-9,12-13,16H,10-11,14H2,1-4H3,(H,25,26)/t16-,33?/m0/s1. The van der Waals surface area contributed by atoms with Crippen LogP contribution in [0.15, 0.2) is 47.6 Å². The maximum absolute atomic E-state index is 13.0. The first-order valence-corrected chi connectivity index (χ1v) is 12.2. The molecule has 3 aromatic rings. The van der Waals surface area contributed by atoms with Gasteiger partial charge < -0.3 is 19.5 Å². The van der Waals surface area contributed by atoms with E-state index in [4.69, 9.17) is 4.74 Å². The molecule has 3 heterocycles. The molecule has 0 radical (unpaired) electrons. The summed E-state index contributed by atoms with van der Waals surface area (Å²) in [6, 6.07) is 10.5. The number of nitrogens with zero attached hydrogens (tertiary/aromatic N) is 4. The molecule has 1 amide bonds. The minimum absolute atomic E-state index is 0.0539. The van der Waals surface area contributed by atoms with Gasteiger partial charge in [-0.15, -0.1) is 0 Å². The van der Waals surface area contributed by atoms with E-state index in [1.165, 1.54) is 10.7 Å². The van der Waals surface area contributed by atoms with Crippen LogP contribution in [0.25, 0.3) is 5.65 Å². The molecular weight excluding hydrogens is 442 g/mol. The first-order chi connectivity index (χ1) is 15.6. The summed E-state index contributed by atoms with van der Waals surface area (Å²) < 4.78 is 19.3. The largest absolute Gasteiger partial charge is 0.610 e. The van der Waals surface area contributed by atoms with Crippen molar-refractivity contribution >= 4 is 34.5 Å². The van der Waals surface area contributed by atoms with Gasteiger partial charge in [-0.25, -0.2) is 9.78 Å². The van der Waals surface area contributed by atoms with E-state index >= 15 is 0 Å². The maximum Gasteiger partial charge on any atom is 0.410 e. The van der Waals surface area contributed by atoms with Gasteiger partial charge in [0.1, 0.15) is 17.7 Å². The van der Waals surface area contributed by atoms with E-state index < -0.39 is 16.8 Å². The van der Waals surface area contributed by atoms with E-state index in [0.717, 1.165) is 0 Å². The summed E-state index contributed by atoms with van der Waals surface area (Å²) in [6.07, 6.45) is 3.37. The third-order valence-corrected chi connectivity index (χ3v) is 6.09. The van der Waals surface area contributed by atoms with E-state index in [1.54, 1.807) is 41.5 Å². The predicted octanol–water partition coefficient (Wildman–Crippen LogP) is 3.12. The van der Waals surface area contributed by atoms with Gasteiger partial charge in [0, 0.05) is 35.9 Å². The molecule has 174 valence electrons. The van der Waals surface area contributed by atoms with Gasteiger partial charge in [-0.05, 0) is 27.2 Å². The summed E-state index contributed by atoms with van der Waals surface area (Å²) in [6.45, 7) is 6.53. The van der Waals surface area contributed by atoms with E-state index in [-0.39, 0.29) is 17.9 Å². The second kappa shape index (κ2) is 9.03. The maximum atomic E-state index is 13.0. The Labute approximate surface area is 195 Å². The van der Waals surface area contributed by atoms with E-state index in [2.05, 4.69) is 15.4 Å². The lowest BCUT2D eigenvalue weighted by atomic mass is 10.1. The molecule has 1 aliphatic heterocycles. The number of ether oxygens (including phenoxy) is 1. The first-order valence-electron chi connectivity index (χ1n) is 10.7. The summed E-state index contributed by atoms with van der Waals surface area (Å²) in [5, 5.41) is 8.02. The average Bonchev–Trinajstić information content (AvgIpc) is 3.39. The zero-order chi connectivity index (χ0) is 23.8. The van der Waals surface area contributed by atoms with E-state index in [1.807, 2.05) is 26.8 Å². The summed E-state index contributed by atoms with van der Waals surface area (Å²) in [7, 11) is 0. The number of carbonyl (C=O) groups excluding carboxylic acids is 2. The summed E-state index contributed by atoms with van der Waals surface area (Å²) in [4.78, 5) is 31.7. The first kappa shape index (κ1) is 23.1. The highest BCUT2D eigenvalue weighted by atomic mass is 32.2. The predicted molar refractivity (Wildman–Crippen MR) is 125 cm³/mol. The van der Waals surface area contributed by atoms with Crippen molar-refractivity contribution in [2.75, 3.05) is 24.7 Å². The lowest BCUT2D eigenvalue weighted by molar-refractivity contribution is 0.0293. The van der Waals surface area contributed by atoms with Crippen molar-refractivity contribution in [2.45, 2.75) is 43.9 Å². The Morgan fingerprint density at radius 3 is 2.64 bits per heavy atom. The van der Waals surface area contributed by atoms with Gasteiger partial charge in [-0.2, -0.15) is 9.61 Å². The lowest BCUT2D eigenvalue weighted by Gasteiger charge is -2.24. The number of benzene rings is 1. The molecule has 1 N–H and O–H groups in total. The van der Waals surface area contributed by atoms with Crippen LogP contribution in [-0.2, 0) is 15.9 Å². The van der Waals surface area contributed by atoms with Crippen molar-refractivity contribution in [1.82, 2.24) is 19.5 Å². The van der Waals surface area contributed by atoms with Crippen molar-refractivity contribution in [3.8, 4) is 0 Å². The number of anilines is 1. The molecule has 1 unspecified atom stereocenters. The molecule has 1 fully saturated rings. The van der Waals surface area contributed by atoms with Crippen LogP contribution < -0.4 is 5.32 Å². The number of fused-ring (bicyclic) bond motifs is 1. The number of nitrogens with one attached hydrogen (secondary N) is 1. The number of ketones is 1. The van der Waals surface area contributed by atoms with Crippen molar-refractivity contribution in [3.63, 3.8) is 0 Å². The van der Waals surface area contributed by atoms with Gasteiger partial charge in [0.15, 0.2) is 11.4 Å². The van der Waals surface area contributed by atoms with Crippen LogP contribution in [0.4, 0.5) is 10.6 Å². The second-order valence-corrected chi connectivity index (χ2v) is 10.3. The highest BCUT2D eigenvalue weighted by Crippen LogP contribution is 2.23. The molecule has 1 aliphatic rings. The van der Waals surface area contributed by atoms with Crippen LogP contribution in [0.5, 0.6) is 0 Å². The zero-order valence-electron chi connectivity index (χ0n) is 19.1. The van der Waals surface area contributed by atoms with Gasteiger partial charge in [0.05, 0.1) is 17.8 Å². The van der Waals surface area contributed by atoms with E-state index in [9.17, 15) is 14.1 Å². The topological polar surface area (TPSA) is 112 Å². The van der Waals surface area contributed by atoms with Crippen molar-refractivity contribution < 1.29 is 18.9 Å². The Morgan fingerprint density at radius 1 is 1.24 bits per heavy atom. The Bertz CT molecular complexity index is 1170. The number of hydrogen-bond acceptors (Lipinski definition) is 7. The molecule has 0 bridgehead atoms. The minimum Gasteiger partial charge on any atom is -0.610 e. The highest BCUT2D eigenvalue weighted by molar-refractivity contribution is 7.90. The molecule has 10 heteroatoms. The van der Waals surface area contributed by atoms with Gasteiger partial charge >= 0.3 is 6.09 Å². The summed E-state index contributed by atoms with van der Waals surface area (Å²) in [5.41, 5.74) is 0.633. The van der Waals surface area contributed by atoms with E-state index in [0.29, 0.717) is 47.1 Å². The van der Waals surface area contributed by atoms with Crippen LogP contribution in [0, 0.1) is 0 Å². The lowest BCUT2D eigenvalue weighted by Crippen LogP contribution is -2.36. The third kappa shape index (κ3) is 5.12. The highest BCUT2D eigenvalue weighted by Gasteiger charge is 2.30. The second-order valence-electron chi connectivity index (χ2n) is 8.98. The Balaban J connectivity index is 1.60. The van der Waals surface area contributed by atoms with Crippen LogP contribution >= 0.6 is 0 Å². The van der Waals surface area contributed by atoms with Crippen molar-refractivity contribution in [1.29, 1.82) is 0 Å². The molecule has 0 aliphatic carbocycles. The van der Waals surface area contributed by atoms with Crippen LogP contribution in [0.3, 0.4) is 0 Å². The van der Waals surface area contributed by atoms with Crippen molar-refractivity contribution in [2.24, 2.45) is 0 Å². The molecule has 2 atom stereocenters. The number of amides is 1. The number of hydrogen-bond donors (Lipinski definition) is 1. The number of aromatic nitrogens is 3. The fraction of sp³-hybridized carbons (Fsp3) is 0.391. The van der Waals surface area contributed by atoms with Crippen LogP contribution in [0.2, 0.25) is 0 Å². The van der Waals surface area contributed by atoms with Crippen LogP contribution in [0.1, 0.15) is 43.1 Å². The average molecular weight is 470 g/mol. The molecule has 33 heavy (non-hydrogen) atoms. The Kier molecular flexibility index (Phi) is 6.31. The molecule has 1 saturated heterocycles. The molecule has 1 aromatic carbocycles. The molecule has 4 rings (SSSR count). The molecule has 2 aromatic heterocycles. The van der Waals surface area contributed by atoms with Gasteiger partial charge in [-0.1, -0.05) is 30.3 Å². The SMILES string of the molecule is C[S+]([O-])c1cc(N[C@H]2CCN(C(=O)OC(C)(C)C)C2)nc2c(C(=O)c3ccccc3)cnn12. The normalized spacial score (nSPS) is 17.2.